The Kier molecular flexibility index (Phi) is 5.84. The second kappa shape index (κ2) is 6.95. The molecular formula is C15H28N2O3. The van der Waals surface area contributed by atoms with Gasteiger partial charge >= 0.3 is 12.0 Å². The predicted molar refractivity (Wildman–Crippen MR) is 78.7 cm³/mol. The van der Waals surface area contributed by atoms with Gasteiger partial charge in [0.25, 0.3) is 0 Å². The Morgan fingerprint density at radius 2 is 1.85 bits per heavy atom. The average Bonchev–Trinajstić information content (AvgIpc) is 2.25. The van der Waals surface area contributed by atoms with E-state index in [1.165, 1.54) is 19.3 Å². The topological polar surface area (TPSA) is 60.9 Å². The first kappa shape index (κ1) is 16.8. The molecule has 0 saturated heterocycles. The lowest BCUT2D eigenvalue weighted by Crippen LogP contribution is -2.53. The quantitative estimate of drug-likeness (QED) is 0.816. The number of aliphatic carboxylic acids is 1. The number of rotatable bonds is 6. The monoisotopic (exact) mass is 284 g/mol. The van der Waals surface area contributed by atoms with Crippen LogP contribution in [-0.4, -0.2) is 52.1 Å². The van der Waals surface area contributed by atoms with Crippen molar-refractivity contribution in [2.75, 3.05) is 19.6 Å². The number of carboxylic acids is 1. The second-order valence-corrected chi connectivity index (χ2v) is 6.58. The van der Waals surface area contributed by atoms with E-state index < -0.39 is 5.97 Å². The summed E-state index contributed by atoms with van der Waals surface area (Å²) >= 11 is 0. The van der Waals surface area contributed by atoms with Crippen molar-refractivity contribution in [2.24, 2.45) is 5.92 Å². The highest BCUT2D eigenvalue weighted by Crippen LogP contribution is 2.28. The Bertz CT molecular complexity index is 346. The van der Waals surface area contributed by atoms with Gasteiger partial charge in [-0.2, -0.15) is 0 Å². The van der Waals surface area contributed by atoms with E-state index in [4.69, 9.17) is 5.11 Å². The zero-order valence-corrected chi connectivity index (χ0v) is 13.2. The number of nitrogens with zero attached hydrogens (tertiary/aromatic N) is 2. The van der Waals surface area contributed by atoms with Crippen LogP contribution in [0.5, 0.6) is 0 Å². The van der Waals surface area contributed by atoms with Crippen LogP contribution in [0.15, 0.2) is 0 Å². The predicted octanol–water partition coefficient (Wildman–Crippen LogP) is 2.80. The van der Waals surface area contributed by atoms with Crippen molar-refractivity contribution in [3.05, 3.63) is 0 Å². The molecule has 1 rings (SSSR count). The lowest BCUT2D eigenvalue weighted by Gasteiger charge is -2.41. The van der Waals surface area contributed by atoms with Crippen molar-refractivity contribution in [3.8, 4) is 0 Å². The van der Waals surface area contributed by atoms with Crippen molar-refractivity contribution in [1.82, 2.24) is 9.80 Å². The van der Waals surface area contributed by atoms with E-state index in [-0.39, 0.29) is 24.5 Å². The van der Waals surface area contributed by atoms with Crippen molar-refractivity contribution in [1.29, 1.82) is 0 Å². The average molecular weight is 284 g/mol. The lowest BCUT2D eigenvalue weighted by atomic mass is 9.85. The van der Waals surface area contributed by atoms with Gasteiger partial charge in [-0.1, -0.05) is 6.42 Å². The summed E-state index contributed by atoms with van der Waals surface area (Å²) in [7, 11) is 0. The Balaban J connectivity index is 2.70. The van der Waals surface area contributed by atoms with Crippen molar-refractivity contribution in [3.63, 3.8) is 0 Å². The Labute approximate surface area is 121 Å². The van der Waals surface area contributed by atoms with Crippen molar-refractivity contribution < 1.29 is 14.7 Å². The van der Waals surface area contributed by atoms with Crippen molar-refractivity contribution in [2.45, 2.75) is 58.9 Å². The molecule has 0 aliphatic heterocycles. The molecule has 0 atom stereocenters. The maximum Gasteiger partial charge on any atom is 0.320 e. The van der Waals surface area contributed by atoms with E-state index in [2.05, 4.69) is 0 Å². The van der Waals surface area contributed by atoms with Gasteiger partial charge in [0.05, 0.1) is 6.42 Å². The third-order valence-electron chi connectivity index (χ3n) is 3.95. The summed E-state index contributed by atoms with van der Waals surface area (Å²) < 4.78 is 0. The van der Waals surface area contributed by atoms with Crippen LogP contribution in [0.1, 0.15) is 53.4 Å². The van der Waals surface area contributed by atoms with E-state index in [9.17, 15) is 9.59 Å². The minimum atomic E-state index is -0.867. The summed E-state index contributed by atoms with van der Waals surface area (Å²) in [5.74, 6) is -0.241. The number of amides is 2. The molecular weight excluding hydrogens is 256 g/mol. The molecule has 20 heavy (non-hydrogen) atoms. The molecule has 0 aromatic heterocycles. The highest BCUT2D eigenvalue weighted by atomic mass is 16.4. The van der Waals surface area contributed by atoms with Gasteiger partial charge in [0.15, 0.2) is 0 Å². The van der Waals surface area contributed by atoms with Gasteiger partial charge in [0.1, 0.15) is 0 Å². The van der Waals surface area contributed by atoms with E-state index in [1.807, 2.05) is 32.6 Å². The minimum Gasteiger partial charge on any atom is -0.481 e. The third-order valence-corrected chi connectivity index (χ3v) is 3.95. The van der Waals surface area contributed by atoms with Gasteiger partial charge in [-0.3, -0.25) is 4.79 Å². The van der Waals surface area contributed by atoms with E-state index in [0.29, 0.717) is 12.5 Å². The fourth-order valence-electron chi connectivity index (χ4n) is 2.43. The molecule has 5 heteroatoms. The standard InChI is InChI=1S/C15H28N2O3/c1-5-16(11-12-7-6-8-12)14(20)17(15(2,3)4)10-9-13(18)19/h12H,5-11H2,1-4H3,(H,18,19). The van der Waals surface area contributed by atoms with Gasteiger partial charge in [-0.05, 0) is 46.5 Å². The van der Waals surface area contributed by atoms with Crippen LogP contribution in [0.3, 0.4) is 0 Å². The van der Waals surface area contributed by atoms with Gasteiger partial charge in [-0.15, -0.1) is 0 Å². The molecule has 116 valence electrons. The SMILES string of the molecule is CCN(CC1CCC1)C(=O)N(CCC(=O)O)C(C)(C)C. The summed E-state index contributed by atoms with van der Waals surface area (Å²) in [6, 6.07) is -0.0341. The molecule has 0 aromatic carbocycles. The Morgan fingerprint density at radius 3 is 2.20 bits per heavy atom. The van der Waals surface area contributed by atoms with Crippen LogP contribution < -0.4 is 0 Å². The van der Waals surface area contributed by atoms with Crippen LogP contribution in [0.2, 0.25) is 0 Å². The molecule has 1 saturated carbocycles. The summed E-state index contributed by atoms with van der Waals surface area (Å²) in [6.45, 7) is 9.56. The zero-order chi connectivity index (χ0) is 15.3. The largest absolute Gasteiger partial charge is 0.481 e. The smallest absolute Gasteiger partial charge is 0.320 e. The third kappa shape index (κ3) is 4.69. The molecule has 0 heterocycles. The molecule has 0 aromatic rings. The van der Waals surface area contributed by atoms with Gasteiger partial charge in [-0.25, -0.2) is 4.79 Å². The van der Waals surface area contributed by atoms with E-state index >= 15 is 0 Å². The Hall–Kier alpha value is -1.26. The summed E-state index contributed by atoms with van der Waals surface area (Å²) in [5.41, 5.74) is -0.362. The fourth-order valence-corrected chi connectivity index (χ4v) is 2.43. The van der Waals surface area contributed by atoms with Crippen molar-refractivity contribution >= 4 is 12.0 Å². The molecule has 0 radical (unpaired) electrons. The first-order chi connectivity index (χ1) is 9.25. The maximum atomic E-state index is 12.7. The van der Waals surface area contributed by atoms with Crippen LogP contribution >= 0.6 is 0 Å². The number of carboxylic acid groups (broad SMARTS) is 1. The number of carbonyl (C=O) groups is 2. The molecule has 2 amide bonds. The highest BCUT2D eigenvalue weighted by molar-refractivity contribution is 5.76. The minimum absolute atomic E-state index is 0.00993. The normalized spacial score (nSPS) is 15.6. The molecule has 1 aliphatic carbocycles. The fraction of sp³-hybridized carbons (Fsp3) is 0.867. The zero-order valence-electron chi connectivity index (χ0n) is 13.2. The van der Waals surface area contributed by atoms with Crippen LogP contribution in [0.4, 0.5) is 4.79 Å². The molecule has 0 unspecified atom stereocenters. The molecule has 5 nitrogen and oxygen atoms in total. The molecule has 1 N–H and O–H groups in total. The van der Waals surface area contributed by atoms with Crippen LogP contribution in [0.25, 0.3) is 0 Å². The first-order valence-corrected chi connectivity index (χ1v) is 7.54. The molecule has 1 aliphatic rings. The van der Waals surface area contributed by atoms with Gasteiger partial charge < -0.3 is 14.9 Å². The van der Waals surface area contributed by atoms with E-state index in [0.717, 1.165) is 6.54 Å². The van der Waals surface area contributed by atoms with Crippen LogP contribution in [-0.2, 0) is 4.79 Å². The summed E-state index contributed by atoms with van der Waals surface area (Å²) in [6.07, 6.45) is 3.66. The van der Waals surface area contributed by atoms with Gasteiger partial charge in [0, 0.05) is 25.2 Å². The second-order valence-electron chi connectivity index (χ2n) is 6.58. The number of hydrogen-bond donors (Lipinski definition) is 1. The number of carbonyl (C=O) groups excluding carboxylic acids is 1. The lowest BCUT2D eigenvalue weighted by molar-refractivity contribution is -0.137. The molecule has 1 fully saturated rings. The van der Waals surface area contributed by atoms with Gasteiger partial charge in [0.2, 0.25) is 0 Å². The highest BCUT2D eigenvalue weighted by Gasteiger charge is 2.31. The summed E-state index contributed by atoms with van der Waals surface area (Å²) in [5, 5.41) is 8.85. The maximum absolute atomic E-state index is 12.7. The molecule has 0 spiro atoms. The first-order valence-electron chi connectivity index (χ1n) is 7.54. The Morgan fingerprint density at radius 1 is 1.25 bits per heavy atom. The summed E-state index contributed by atoms with van der Waals surface area (Å²) in [4.78, 5) is 27.0. The number of urea groups is 1. The van der Waals surface area contributed by atoms with E-state index in [1.54, 1.807) is 4.90 Å². The number of hydrogen-bond acceptors (Lipinski definition) is 2. The van der Waals surface area contributed by atoms with Crippen LogP contribution in [0, 0.1) is 5.92 Å². The molecule has 0 bridgehead atoms.